The molecule has 2 amide bonds. The molecule has 3 aromatic heterocycles. The third-order valence-corrected chi connectivity index (χ3v) is 12.0. The Morgan fingerprint density at radius 2 is 1.83 bits per heavy atom. The number of nitrogens with zero attached hydrogens (tertiary/aromatic N) is 2. The summed E-state index contributed by atoms with van der Waals surface area (Å²) in [5.41, 5.74) is 5.84. The first-order valence-corrected chi connectivity index (χ1v) is 19.1. The lowest BCUT2D eigenvalue weighted by Gasteiger charge is -2.29. The molecule has 0 aliphatic carbocycles. The molecule has 0 saturated carbocycles. The first-order chi connectivity index (χ1) is 25.9. The van der Waals surface area contributed by atoms with E-state index in [1.165, 1.54) is 0 Å². The Balaban J connectivity index is 1.30. The molecule has 0 radical (unpaired) electrons. The van der Waals surface area contributed by atoms with E-state index in [2.05, 4.69) is 55.1 Å². The molecule has 54 heavy (non-hydrogen) atoms. The highest BCUT2D eigenvalue weighted by atomic mass is 79.9. The van der Waals surface area contributed by atoms with Gasteiger partial charge in [0.15, 0.2) is 28.0 Å². The van der Waals surface area contributed by atoms with Crippen LogP contribution in [0.5, 0.6) is 5.75 Å². The summed E-state index contributed by atoms with van der Waals surface area (Å²) < 4.78 is 20.9. The number of aliphatic hydroxyl groups is 1. The number of H-pyrrole nitrogens is 1. The zero-order valence-corrected chi connectivity index (χ0v) is 31.8. The minimum absolute atomic E-state index is 0.149. The van der Waals surface area contributed by atoms with Crippen molar-refractivity contribution >= 4 is 55.9 Å². The Morgan fingerprint density at radius 1 is 1.04 bits per heavy atom. The van der Waals surface area contributed by atoms with E-state index >= 15 is 0 Å². The van der Waals surface area contributed by atoms with Crippen LogP contribution in [0.4, 0.5) is 5.69 Å². The average molecular weight is 810 g/mol. The second-order valence-corrected chi connectivity index (χ2v) is 16.2. The number of hydrogen-bond acceptors (Lipinski definition) is 9. The number of oxazole rings is 2. The van der Waals surface area contributed by atoms with Gasteiger partial charge in [-0.25, -0.2) is 9.97 Å². The van der Waals surface area contributed by atoms with Crippen molar-refractivity contribution in [3.63, 3.8) is 0 Å². The van der Waals surface area contributed by atoms with E-state index in [0.717, 1.165) is 44.4 Å². The zero-order valence-electron chi connectivity index (χ0n) is 29.5. The summed E-state index contributed by atoms with van der Waals surface area (Å²) >= 11 is 10.6. The summed E-state index contributed by atoms with van der Waals surface area (Å²) in [4.78, 5) is 40.8. The number of halogens is 2. The van der Waals surface area contributed by atoms with E-state index in [0.29, 0.717) is 38.3 Å². The van der Waals surface area contributed by atoms with E-state index in [1.807, 2.05) is 50.2 Å². The normalized spacial score (nSPS) is 22.2. The lowest BCUT2D eigenvalue weighted by molar-refractivity contribution is -0.135. The third kappa shape index (κ3) is 4.51. The van der Waals surface area contributed by atoms with Gasteiger partial charge in [-0.15, -0.1) is 0 Å². The molecule has 1 unspecified atom stereocenters. The van der Waals surface area contributed by atoms with Crippen molar-refractivity contribution in [2.24, 2.45) is 11.8 Å². The van der Waals surface area contributed by atoms with Gasteiger partial charge in [0.1, 0.15) is 34.5 Å². The van der Waals surface area contributed by atoms with Crippen molar-refractivity contribution in [2.75, 3.05) is 5.32 Å². The Morgan fingerprint density at radius 3 is 2.63 bits per heavy atom. The zero-order chi connectivity index (χ0) is 37.4. The van der Waals surface area contributed by atoms with Gasteiger partial charge in [-0.1, -0.05) is 81.8 Å². The second-order valence-electron chi connectivity index (χ2n) is 15.1. The first kappa shape index (κ1) is 33.5. The van der Waals surface area contributed by atoms with Gasteiger partial charge in [0.2, 0.25) is 17.7 Å². The maximum Gasteiger partial charge on any atom is 0.250 e. The van der Waals surface area contributed by atoms with Crippen LogP contribution in [0, 0.1) is 11.8 Å². The molecule has 1 spiro atoms. The molecule has 10 bridgehead atoms. The van der Waals surface area contributed by atoms with Crippen LogP contribution in [-0.4, -0.2) is 50.2 Å². The number of anilines is 1. The Kier molecular flexibility index (Phi) is 7.25. The van der Waals surface area contributed by atoms with Gasteiger partial charge in [-0.3, -0.25) is 9.59 Å². The molecule has 4 aliphatic heterocycles. The molecule has 10 rings (SSSR count). The predicted octanol–water partition coefficient (Wildman–Crippen LogP) is 7.22. The summed E-state index contributed by atoms with van der Waals surface area (Å²) in [6.07, 6.45) is -1.83. The lowest BCUT2D eigenvalue weighted by atomic mass is 9.72. The molecule has 5 N–H and O–H groups in total. The number of ether oxygens (including phenoxy) is 1. The van der Waals surface area contributed by atoms with Crippen LogP contribution in [0.3, 0.4) is 0 Å². The molecule has 3 aromatic carbocycles. The molecular weight excluding hydrogens is 776 g/mol. The fourth-order valence-electron chi connectivity index (χ4n) is 8.52. The van der Waals surface area contributed by atoms with Crippen molar-refractivity contribution < 1.29 is 28.3 Å². The maximum atomic E-state index is 14.2. The number of aromatic nitrogens is 3. The largest absolute Gasteiger partial charge is 0.469 e. The monoisotopic (exact) mass is 808 g/mol. The van der Waals surface area contributed by atoms with Gasteiger partial charge < -0.3 is 39.6 Å². The minimum atomic E-state index is -1.29. The highest BCUT2D eigenvalue weighted by Gasteiger charge is 2.61. The van der Waals surface area contributed by atoms with Crippen LogP contribution in [0.1, 0.15) is 62.1 Å². The minimum Gasteiger partial charge on any atom is -0.469 e. The highest BCUT2D eigenvalue weighted by molar-refractivity contribution is 9.10. The summed E-state index contributed by atoms with van der Waals surface area (Å²) in [7, 11) is 0. The van der Waals surface area contributed by atoms with Gasteiger partial charge in [0.05, 0.1) is 5.56 Å². The maximum absolute atomic E-state index is 14.2. The van der Waals surface area contributed by atoms with Crippen LogP contribution >= 0.6 is 27.5 Å². The second kappa shape index (κ2) is 11.7. The summed E-state index contributed by atoms with van der Waals surface area (Å²) in [6, 6.07) is 16.2. The number of fused-ring (bicyclic) bond motifs is 7. The van der Waals surface area contributed by atoms with E-state index in [9.17, 15) is 14.7 Å². The molecule has 6 aromatic rings. The van der Waals surface area contributed by atoms with E-state index in [4.69, 9.17) is 35.1 Å². The molecule has 4 aliphatic rings. The Hall–Kier alpha value is -5.11. The number of benzene rings is 3. The van der Waals surface area contributed by atoms with E-state index < -0.39 is 41.6 Å². The first-order valence-electron chi connectivity index (χ1n) is 17.9. The fourth-order valence-corrected chi connectivity index (χ4v) is 9.24. The predicted molar refractivity (Wildman–Crippen MR) is 204 cm³/mol. The van der Waals surface area contributed by atoms with Crippen molar-refractivity contribution in [1.82, 2.24) is 25.6 Å². The number of aliphatic hydroxyl groups excluding tert-OH is 1. The Labute approximate surface area is 322 Å². The molecule has 0 fully saturated rings. The number of carbonyl (C=O) groups is 2. The van der Waals surface area contributed by atoms with Gasteiger partial charge in [-0.05, 0) is 51.0 Å². The van der Waals surface area contributed by atoms with Crippen molar-refractivity contribution in [3.05, 3.63) is 92.7 Å². The lowest BCUT2D eigenvalue weighted by Crippen LogP contribution is -2.52. The summed E-state index contributed by atoms with van der Waals surface area (Å²) in [5.74, 6) is 0.266. The standard InChI is InChI=1S/C40H34BrClN6O6/c1-15(2)27-37-46-29-32(54-37)40-20-9-5-8-19(18-7-6-10-22-25(18)26(34(42)43-22)31-33(41)48-38(29)53-31)28(20)47-39(40)52-24-12-11-17(13-21(24)40)14-23(35(50)45-27)44-36(51)30(49)16(3)4/h5-13,15-16,23,27,30,39,43,47,49H,14H2,1-4H3,(H,44,51)(H,45,50)/t23-,27-,30-,39?,40-/m0/s1. The molecular formula is C40H34BrClN6O6. The van der Waals surface area contributed by atoms with Crippen LogP contribution in [0.2, 0.25) is 5.15 Å². The Bertz CT molecular complexity index is 2590. The van der Waals surface area contributed by atoms with Gasteiger partial charge in [-0.2, -0.15) is 0 Å². The van der Waals surface area contributed by atoms with Crippen LogP contribution < -0.4 is 20.7 Å². The third-order valence-electron chi connectivity index (χ3n) is 11.2. The van der Waals surface area contributed by atoms with Gasteiger partial charge >= 0.3 is 0 Å². The van der Waals surface area contributed by atoms with Crippen LogP contribution in [0.15, 0.2) is 68.0 Å². The molecule has 7 heterocycles. The van der Waals surface area contributed by atoms with E-state index in [-0.39, 0.29) is 30.0 Å². The smallest absolute Gasteiger partial charge is 0.250 e. The summed E-state index contributed by atoms with van der Waals surface area (Å²) in [6.45, 7) is 7.40. The van der Waals surface area contributed by atoms with Gasteiger partial charge in [0, 0.05) is 39.7 Å². The number of nitrogens with one attached hydrogen (secondary N) is 4. The quantitative estimate of drug-likeness (QED) is 0.124. The number of carbonyl (C=O) groups excluding carboxylic acids is 2. The number of para-hydroxylation sites is 1. The van der Waals surface area contributed by atoms with Crippen LogP contribution in [-0.2, 0) is 21.4 Å². The SMILES string of the molecule is CC(C)[C@H](O)C(=O)N[C@H]1Cc2ccc3c(c2)[C@]24c5cccc(c5NC2O3)-c2cccc3[nH]c(Cl)c(c23)-c2oc(nc2Br)-c2nc(oc24)[C@H](C(C)C)NC1=O. The molecule has 14 heteroatoms. The molecule has 5 atom stereocenters. The topological polar surface area (TPSA) is 168 Å². The number of hydrogen-bond donors (Lipinski definition) is 5. The number of aromatic amines is 1. The fraction of sp³-hybridized carbons (Fsp3) is 0.300. The molecule has 12 nitrogen and oxygen atoms in total. The van der Waals surface area contributed by atoms with Crippen molar-refractivity contribution in [1.29, 1.82) is 0 Å². The molecule has 0 saturated heterocycles. The highest BCUT2D eigenvalue weighted by Crippen LogP contribution is 2.62. The molecule has 274 valence electrons. The average Bonchev–Trinajstić information content (AvgIpc) is 3.94. The van der Waals surface area contributed by atoms with Crippen molar-refractivity contribution in [2.45, 2.75) is 63.9 Å². The number of amides is 2. The summed E-state index contributed by atoms with van der Waals surface area (Å²) in [5, 5.41) is 21.6. The van der Waals surface area contributed by atoms with Gasteiger partial charge in [0.25, 0.3) is 5.89 Å². The van der Waals surface area contributed by atoms with Crippen molar-refractivity contribution in [3.8, 4) is 39.8 Å². The van der Waals surface area contributed by atoms with E-state index in [1.54, 1.807) is 13.8 Å². The van der Waals surface area contributed by atoms with Crippen LogP contribution in [0.25, 0.3) is 44.9 Å². The number of rotatable bonds is 4.